The largest absolute Gasteiger partial charge is 0.368 e. The summed E-state index contributed by atoms with van der Waals surface area (Å²) < 4.78 is 0. The Morgan fingerprint density at radius 1 is 1.46 bits per heavy atom. The number of primary amides is 2. The zero-order valence-electron chi connectivity index (χ0n) is 7.69. The molecule has 0 radical (unpaired) electrons. The highest BCUT2D eigenvalue weighted by Crippen LogP contribution is 2.19. The molecular weight excluding hydrogens is 170 g/mol. The summed E-state index contributed by atoms with van der Waals surface area (Å²) in [6, 6.07) is -0.720. The maximum Gasteiger partial charge on any atom is 0.234 e. The maximum atomic E-state index is 11.0. The first-order valence-corrected chi connectivity index (χ1v) is 4.38. The lowest BCUT2D eigenvalue weighted by Crippen LogP contribution is -2.49. The molecule has 1 saturated heterocycles. The summed E-state index contributed by atoms with van der Waals surface area (Å²) in [7, 11) is 0. The van der Waals surface area contributed by atoms with Crippen LogP contribution in [0.25, 0.3) is 0 Å². The Kier molecular flexibility index (Phi) is 2.87. The van der Waals surface area contributed by atoms with E-state index < -0.39 is 11.9 Å². The molecule has 1 aliphatic rings. The van der Waals surface area contributed by atoms with Gasteiger partial charge < -0.3 is 11.5 Å². The molecular formula is C8H15N3O2. The van der Waals surface area contributed by atoms with E-state index in [1.807, 2.05) is 0 Å². The van der Waals surface area contributed by atoms with Crippen molar-refractivity contribution in [1.82, 2.24) is 4.90 Å². The van der Waals surface area contributed by atoms with Crippen LogP contribution in [-0.4, -0.2) is 35.3 Å². The van der Waals surface area contributed by atoms with Crippen molar-refractivity contribution in [3.8, 4) is 0 Å². The second-order valence-corrected chi connectivity index (χ2v) is 3.38. The molecule has 5 nitrogen and oxygen atoms in total. The van der Waals surface area contributed by atoms with Crippen LogP contribution in [-0.2, 0) is 9.59 Å². The fraction of sp³-hybridized carbons (Fsp3) is 0.750. The van der Waals surface area contributed by atoms with Crippen molar-refractivity contribution >= 4 is 11.8 Å². The molecule has 13 heavy (non-hydrogen) atoms. The molecule has 2 atom stereocenters. The van der Waals surface area contributed by atoms with Crippen molar-refractivity contribution in [1.29, 1.82) is 0 Å². The normalized spacial score (nSPS) is 25.8. The highest BCUT2D eigenvalue weighted by Gasteiger charge is 2.34. The van der Waals surface area contributed by atoms with Gasteiger partial charge in [0, 0.05) is 0 Å². The molecule has 0 aromatic carbocycles. The standard InChI is InChI=1S/C8H15N3O2/c1-5(7(9)12)11-4-2-3-6(11)8(10)13/h5-6H,2-4H2,1H3,(H2,9,12)(H2,10,13). The topological polar surface area (TPSA) is 89.4 Å². The van der Waals surface area contributed by atoms with E-state index in [2.05, 4.69) is 0 Å². The minimum atomic E-state index is -0.409. The molecule has 0 bridgehead atoms. The molecule has 2 amide bonds. The van der Waals surface area contributed by atoms with Crippen LogP contribution in [0, 0.1) is 0 Å². The lowest BCUT2D eigenvalue weighted by atomic mass is 10.2. The van der Waals surface area contributed by atoms with Crippen LogP contribution in [0.3, 0.4) is 0 Å². The Balaban J connectivity index is 2.68. The van der Waals surface area contributed by atoms with Crippen LogP contribution >= 0.6 is 0 Å². The second-order valence-electron chi connectivity index (χ2n) is 3.38. The van der Waals surface area contributed by atoms with E-state index >= 15 is 0 Å². The smallest absolute Gasteiger partial charge is 0.234 e. The molecule has 5 heteroatoms. The fourth-order valence-corrected chi connectivity index (χ4v) is 1.72. The number of amides is 2. The summed E-state index contributed by atoms with van der Waals surface area (Å²) in [5.41, 5.74) is 10.3. The first-order valence-electron chi connectivity index (χ1n) is 4.38. The fourth-order valence-electron chi connectivity index (χ4n) is 1.72. The van der Waals surface area contributed by atoms with Gasteiger partial charge >= 0.3 is 0 Å². The zero-order valence-corrected chi connectivity index (χ0v) is 7.69. The van der Waals surface area contributed by atoms with Crippen molar-refractivity contribution in [2.75, 3.05) is 6.54 Å². The van der Waals surface area contributed by atoms with Gasteiger partial charge in [0.15, 0.2) is 0 Å². The van der Waals surface area contributed by atoms with Gasteiger partial charge in [-0.2, -0.15) is 0 Å². The lowest BCUT2D eigenvalue weighted by molar-refractivity contribution is -0.127. The number of hydrogen-bond donors (Lipinski definition) is 2. The number of nitrogens with zero attached hydrogens (tertiary/aromatic N) is 1. The van der Waals surface area contributed by atoms with Crippen LogP contribution in [0.2, 0.25) is 0 Å². The van der Waals surface area contributed by atoms with E-state index in [9.17, 15) is 9.59 Å². The van der Waals surface area contributed by atoms with Gasteiger partial charge in [-0.1, -0.05) is 0 Å². The first-order chi connectivity index (χ1) is 6.04. The molecule has 0 aliphatic carbocycles. The van der Waals surface area contributed by atoms with Crippen LogP contribution < -0.4 is 11.5 Å². The third-order valence-electron chi connectivity index (χ3n) is 2.53. The van der Waals surface area contributed by atoms with Gasteiger partial charge in [-0.15, -0.1) is 0 Å². The summed E-state index contributed by atoms with van der Waals surface area (Å²) in [6.45, 7) is 2.42. The van der Waals surface area contributed by atoms with E-state index in [-0.39, 0.29) is 11.9 Å². The van der Waals surface area contributed by atoms with Crippen molar-refractivity contribution in [3.05, 3.63) is 0 Å². The minimum Gasteiger partial charge on any atom is -0.368 e. The van der Waals surface area contributed by atoms with Gasteiger partial charge in [-0.25, -0.2) is 0 Å². The van der Waals surface area contributed by atoms with Crippen molar-refractivity contribution in [3.63, 3.8) is 0 Å². The van der Waals surface area contributed by atoms with E-state index in [1.54, 1.807) is 11.8 Å². The zero-order chi connectivity index (χ0) is 10.0. The van der Waals surface area contributed by atoms with E-state index in [1.165, 1.54) is 0 Å². The molecule has 1 aliphatic heterocycles. The SMILES string of the molecule is CC(C(N)=O)N1CCCC1C(N)=O. The van der Waals surface area contributed by atoms with Crippen LogP contribution in [0.5, 0.6) is 0 Å². The maximum absolute atomic E-state index is 11.0. The van der Waals surface area contributed by atoms with Gasteiger partial charge in [0.25, 0.3) is 0 Å². The van der Waals surface area contributed by atoms with Crippen molar-refractivity contribution < 1.29 is 9.59 Å². The molecule has 0 spiro atoms. The summed E-state index contributed by atoms with van der Waals surface area (Å²) in [5, 5.41) is 0. The number of carbonyl (C=O) groups excluding carboxylic acids is 2. The van der Waals surface area contributed by atoms with Gasteiger partial charge in [0.05, 0.1) is 12.1 Å². The number of carbonyl (C=O) groups is 2. The monoisotopic (exact) mass is 185 g/mol. The minimum absolute atomic E-state index is 0.317. The Labute approximate surface area is 77.1 Å². The molecule has 0 saturated carbocycles. The Morgan fingerprint density at radius 2 is 2.08 bits per heavy atom. The highest BCUT2D eigenvalue weighted by molar-refractivity contribution is 5.83. The molecule has 0 aromatic rings. The summed E-state index contributed by atoms with van der Waals surface area (Å²) >= 11 is 0. The van der Waals surface area contributed by atoms with Crippen LogP contribution in [0.15, 0.2) is 0 Å². The first kappa shape index (κ1) is 9.98. The van der Waals surface area contributed by atoms with Gasteiger partial charge in [-0.3, -0.25) is 14.5 Å². The van der Waals surface area contributed by atoms with Crippen molar-refractivity contribution in [2.45, 2.75) is 31.8 Å². The quantitative estimate of drug-likeness (QED) is 0.579. The number of nitrogens with two attached hydrogens (primary N) is 2. The molecule has 0 aromatic heterocycles. The summed E-state index contributed by atoms with van der Waals surface area (Å²) in [4.78, 5) is 23.6. The second kappa shape index (κ2) is 3.74. The predicted octanol–water partition coefficient (Wildman–Crippen LogP) is -1.19. The van der Waals surface area contributed by atoms with Gasteiger partial charge in [-0.05, 0) is 26.3 Å². The Bertz CT molecular complexity index is 229. The number of hydrogen-bond acceptors (Lipinski definition) is 3. The van der Waals surface area contributed by atoms with Gasteiger partial charge in [0.2, 0.25) is 11.8 Å². The molecule has 74 valence electrons. The highest BCUT2D eigenvalue weighted by atomic mass is 16.2. The molecule has 1 fully saturated rings. The van der Waals surface area contributed by atoms with Crippen molar-refractivity contribution in [2.24, 2.45) is 11.5 Å². The van der Waals surface area contributed by atoms with Gasteiger partial charge in [0.1, 0.15) is 0 Å². The average molecular weight is 185 g/mol. The average Bonchev–Trinajstić information content (AvgIpc) is 2.50. The molecule has 1 rings (SSSR count). The number of likely N-dealkylation sites (tertiary alicyclic amines) is 1. The predicted molar refractivity (Wildman–Crippen MR) is 47.6 cm³/mol. The number of rotatable bonds is 3. The van der Waals surface area contributed by atoms with E-state index in [0.29, 0.717) is 0 Å². The lowest BCUT2D eigenvalue weighted by Gasteiger charge is -2.26. The van der Waals surface area contributed by atoms with E-state index in [0.717, 1.165) is 19.4 Å². The third-order valence-corrected chi connectivity index (χ3v) is 2.53. The molecule has 4 N–H and O–H groups in total. The van der Waals surface area contributed by atoms with E-state index in [4.69, 9.17) is 11.5 Å². The summed E-state index contributed by atoms with van der Waals surface area (Å²) in [5.74, 6) is -0.779. The molecule has 1 heterocycles. The molecule has 2 unspecified atom stereocenters. The van der Waals surface area contributed by atoms with Crippen LogP contribution in [0.1, 0.15) is 19.8 Å². The third kappa shape index (κ3) is 1.98. The Hall–Kier alpha value is -1.10. The summed E-state index contributed by atoms with van der Waals surface area (Å²) in [6.07, 6.45) is 1.62. The van der Waals surface area contributed by atoms with Crippen LogP contribution in [0.4, 0.5) is 0 Å². The Morgan fingerprint density at radius 3 is 2.54 bits per heavy atom.